The minimum absolute atomic E-state index is 0.0191. The van der Waals surface area contributed by atoms with Crippen LogP contribution in [0.2, 0.25) is 0 Å². The molecule has 0 unspecified atom stereocenters. The molecule has 0 bridgehead atoms. The van der Waals surface area contributed by atoms with Gasteiger partial charge >= 0.3 is 6.03 Å². The lowest BCUT2D eigenvalue weighted by Gasteiger charge is -2.39. The highest BCUT2D eigenvalue weighted by Gasteiger charge is 2.34. The van der Waals surface area contributed by atoms with Gasteiger partial charge in [-0.3, -0.25) is 0 Å². The van der Waals surface area contributed by atoms with Gasteiger partial charge in [-0.1, -0.05) is 42.5 Å². The van der Waals surface area contributed by atoms with E-state index >= 15 is 0 Å². The van der Waals surface area contributed by atoms with Crippen LogP contribution in [-0.2, 0) is 0 Å². The average molecular weight is 422 g/mol. The minimum atomic E-state index is -0.155. The number of para-hydroxylation sites is 2. The molecular formula is C24H29N4OS+. The van der Waals surface area contributed by atoms with Gasteiger partial charge in [0.05, 0.1) is 37.1 Å². The molecule has 0 aliphatic carbocycles. The Morgan fingerprint density at radius 2 is 1.63 bits per heavy atom. The first-order chi connectivity index (χ1) is 14.7. The van der Waals surface area contributed by atoms with Gasteiger partial charge in [-0.15, -0.1) is 11.3 Å². The number of benzene rings is 2. The Balaban J connectivity index is 1.41. The first kappa shape index (κ1) is 20.4. The van der Waals surface area contributed by atoms with E-state index in [9.17, 15) is 4.79 Å². The lowest BCUT2D eigenvalue weighted by molar-refractivity contribution is -0.933. The number of hydrogen-bond acceptors (Lipinski definition) is 3. The van der Waals surface area contributed by atoms with E-state index in [0.717, 1.165) is 31.9 Å². The third kappa shape index (κ3) is 5.01. The van der Waals surface area contributed by atoms with Crippen LogP contribution in [0.1, 0.15) is 17.8 Å². The molecule has 1 aromatic heterocycles. The van der Waals surface area contributed by atoms with E-state index in [1.807, 2.05) is 30.3 Å². The summed E-state index contributed by atoms with van der Waals surface area (Å²) in [5.41, 5.74) is 2.09. The van der Waals surface area contributed by atoms with Crippen molar-refractivity contribution in [1.82, 2.24) is 5.32 Å². The van der Waals surface area contributed by atoms with Gasteiger partial charge in [0.2, 0.25) is 0 Å². The Hall–Kier alpha value is -2.83. The van der Waals surface area contributed by atoms with Crippen molar-refractivity contribution in [2.75, 3.05) is 36.4 Å². The van der Waals surface area contributed by atoms with Crippen molar-refractivity contribution < 1.29 is 9.69 Å². The predicted octanol–water partition coefficient (Wildman–Crippen LogP) is 3.40. The maximum Gasteiger partial charge on any atom is 0.319 e. The molecule has 2 atom stereocenters. The van der Waals surface area contributed by atoms with E-state index in [0.29, 0.717) is 0 Å². The van der Waals surface area contributed by atoms with Crippen molar-refractivity contribution in [2.24, 2.45) is 0 Å². The maximum atomic E-state index is 12.6. The molecule has 5 nitrogen and oxygen atoms in total. The molecule has 0 spiro atoms. The van der Waals surface area contributed by atoms with Gasteiger partial charge in [-0.2, -0.15) is 0 Å². The van der Waals surface area contributed by atoms with Gasteiger partial charge in [0.25, 0.3) is 0 Å². The third-order valence-corrected chi connectivity index (χ3v) is 6.66. The van der Waals surface area contributed by atoms with Gasteiger partial charge in [-0.05, 0) is 42.6 Å². The zero-order valence-electron chi connectivity index (χ0n) is 17.3. The van der Waals surface area contributed by atoms with Crippen LogP contribution < -0.4 is 20.4 Å². The summed E-state index contributed by atoms with van der Waals surface area (Å²) >= 11 is 1.78. The molecule has 0 radical (unpaired) electrons. The zero-order chi connectivity index (χ0) is 20.8. The molecule has 1 fully saturated rings. The largest absolute Gasteiger partial charge is 0.360 e. The van der Waals surface area contributed by atoms with Crippen LogP contribution in [0.5, 0.6) is 0 Å². The number of carbonyl (C=O) groups is 1. The normalized spacial score (nSPS) is 16.6. The van der Waals surface area contributed by atoms with Crippen LogP contribution in [0.25, 0.3) is 0 Å². The average Bonchev–Trinajstić information content (AvgIpc) is 3.30. The number of amides is 2. The molecule has 1 saturated heterocycles. The minimum Gasteiger partial charge on any atom is -0.360 e. The number of anilines is 2. The molecule has 1 aliphatic rings. The third-order valence-electron chi connectivity index (χ3n) is 5.71. The molecule has 3 aromatic rings. The topological polar surface area (TPSA) is 48.8 Å². The molecule has 2 aromatic carbocycles. The molecule has 156 valence electrons. The van der Waals surface area contributed by atoms with Crippen LogP contribution in [-0.4, -0.2) is 38.3 Å². The van der Waals surface area contributed by atoms with E-state index in [4.69, 9.17) is 0 Å². The van der Waals surface area contributed by atoms with Crippen molar-refractivity contribution in [3.63, 3.8) is 0 Å². The number of urea groups is 1. The molecule has 4 rings (SSSR count). The summed E-state index contributed by atoms with van der Waals surface area (Å²) < 4.78 is 0. The number of hydrogen-bond donors (Lipinski definition) is 3. The summed E-state index contributed by atoms with van der Waals surface area (Å²) in [5.74, 6) is 0. The molecule has 6 heteroatoms. The van der Waals surface area contributed by atoms with Gasteiger partial charge in [0, 0.05) is 11.4 Å². The van der Waals surface area contributed by atoms with Gasteiger partial charge in [0.1, 0.15) is 6.04 Å². The summed E-state index contributed by atoms with van der Waals surface area (Å²) in [6, 6.07) is 24.6. The SMILES string of the molecule is C[C@@H](NC(=O)Nc1ccccc1)[C@H](c1cccs1)[NH+]1CCN(c2ccccc2)CC1. The predicted molar refractivity (Wildman–Crippen MR) is 124 cm³/mol. The second-order valence-corrected chi connectivity index (χ2v) is 8.71. The standard InChI is InChI=1S/C24H28N4OS/c1-19(25-24(29)26-20-9-4-2-5-10-20)23(22-13-8-18-30-22)28-16-14-27(15-17-28)21-11-6-3-7-12-21/h2-13,18-19,23H,14-17H2,1H3,(H2,25,26,29)/p+1/t19-,23-/m1/s1. The number of thiophene rings is 1. The van der Waals surface area contributed by atoms with Crippen molar-refractivity contribution in [1.29, 1.82) is 0 Å². The summed E-state index contributed by atoms with van der Waals surface area (Å²) in [5, 5.41) is 8.24. The molecular weight excluding hydrogens is 392 g/mol. The van der Waals surface area contributed by atoms with E-state index in [1.54, 1.807) is 11.3 Å². The van der Waals surface area contributed by atoms with Gasteiger partial charge < -0.3 is 20.4 Å². The van der Waals surface area contributed by atoms with E-state index in [-0.39, 0.29) is 18.1 Å². The monoisotopic (exact) mass is 421 g/mol. The summed E-state index contributed by atoms with van der Waals surface area (Å²) in [7, 11) is 0. The Bertz CT molecular complexity index is 909. The second kappa shape index (κ2) is 9.78. The summed E-state index contributed by atoms with van der Waals surface area (Å²) in [6.45, 7) is 6.24. The van der Waals surface area contributed by atoms with Gasteiger partial charge in [-0.25, -0.2) is 4.79 Å². The van der Waals surface area contributed by atoms with E-state index < -0.39 is 0 Å². The number of carbonyl (C=O) groups excluding carboxylic acids is 1. The van der Waals surface area contributed by atoms with Crippen molar-refractivity contribution in [3.05, 3.63) is 83.1 Å². The van der Waals surface area contributed by atoms with E-state index in [2.05, 4.69) is 70.3 Å². The smallest absolute Gasteiger partial charge is 0.319 e. The fraction of sp³-hybridized carbons (Fsp3) is 0.292. The van der Waals surface area contributed by atoms with Crippen molar-refractivity contribution >= 4 is 28.7 Å². The molecule has 2 heterocycles. The Kier molecular flexibility index (Phi) is 6.67. The molecule has 0 saturated carbocycles. The Morgan fingerprint density at radius 1 is 0.967 bits per heavy atom. The lowest BCUT2D eigenvalue weighted by Crippen LogP contribution is -3.16. The number of quaternary nitrogens is 1. The van der Waals surface area contributed by atoms with Crippen LogP contribution in [0.4, 0.5) is 16.2 Å². The number of nitrogens with one attached hydrogen (secondary N) is 3. The molecule has 2 amide bonds. The van der Waals surface area contributed by atoms with Crippen LogP contribution >= 0.6 is 11.3 Å². The van der Waals surface area contributed by atoms with Crippen molar-refractivity contribution in [3.8, 4) is 0 Å². The molecule has 1 aliphatic heterocycles. The highest BCUT2D eigenvalue weighted by Crippen LogP contribution is 2.21. The lowest BCUT2D eigenvalue weighted by atomic mass is 10.0. The first-order valence-electron chi connectivity index (χ1n) is 10.5. The quantitative estimate of drug-likeness (QED) is 0.571. The Labute approximate surface area is 182 Å². The highest BCUT2D eigenvalue weighted by atomic mass is 32.1. The molecule has 30 heavy (non-hydrogen) atoms. The van der Waals surface area contributed by atoms with Crippen LogP contribution in [0.15, 0.2) is 78.2 Å². The second-order valence-electron chi connectivity index (χ2n) is 7.73. The van der Waals surface area contributed by atoms with Crippen molar-refractivity contribution in [2.45, 2.75) is 19.0 Å². The zero-order valence-corrected chi connectivity index (χ0v) is 18.1. The maximum absolute atomic E-state index is 12.6. The number of nitrogens with zero attached hydrogens (tertiary/aromatic N) is 1. The van der Waals surface area contributed by atoms with Crippen LogP contribution in [0, 0.1) is 0 Å². The first-order valence-corrected chi connectivity index (χ1v) is 11.4. The summed E-state index contributed by atoms with van der Waals surface area (Å²) in [4.78, 5) is 17.9. The van der Waals surface area contributed by atoms with Crippen LogP contribution in [0.3, 0.4) is 0 Å². The number of piperazine rings is 1. The van der Waals surface area contributed by atoms with E-state index in [1.165, 1.54) is 15.5 Å². The molecule has 3 N–H and O–H groups in total. The Morgan fingerprint density at radius 3 is 2.27 bits per heavy atom. The fourth-order valence-electron chi connectivity index (χ4n) is 4.25. The van der Waals surface area contributed by atoms with Gasteiger partial charge in [0.15, 0.2) is 0 Å². The highest BCUT2D eigenvalue weighted by molar-refractivity contribution is 7.10. The summed E-state index contributed by atoms with van der Waals surface area (Å²) in [6.07, 6.45) is 0. The number of rotatable bonds is 6. The fourth-order valence-corrected chi connectivity index (χ4v) is 5.24.